The summed E-state index contributed by atoms with van der Waals surface area (Å²) >= 11 is 5.86. The number of aromatic nitrogens is 1. The van der Waals surface area contributed by atoms with E-state index in [-0.39, 0.29) is 5.91 Å². The molecule has 5 heteroatoms. The van der Waals surface area contributed by atoms with Crippen LogP contribution in [0.3, 0.4) is 0 Å². The number of pyridine rings is 1. The van der Waals surface area contributed by atoms with Gasteiger partial charge in [-0.25, -0.2) is 4.98 Å². The summed E-state index contributed by atoms with van der Waals surface area (Å²) in [7, 11) is 0. The van der Waals surface area contributed by atoms with Gasteiger partial charge in [-0.2, -0.15) is 0 Å². The van der Waals surface area contributed by atoms with E-state index in [0.717, 1.165) is 25.2 Å². The highest BCUT2D eigenvalue weighted by Crippen LogP contribution is 2.32. The number of rotatable bonds is 3. The molecule has 1 N–H and O–H groups in total. The van der Waals surface area contributed by atoms with Crippen LogP contribution in [0.15, 0.2) is 66.9 Å². The van der Waals surface area contributed by atoms with Crippen molar-refractivity contribution in [3.05, 3.63) is 83.0 Å². The molecule has 2 heterocycles. The summed E-state index contributed by atoms with van der Waals surface area (Å²) in [5, 5.41) is 3.47. The first-order chi connectivity index (χ1) is 12.7. The average Bonchev–Trinajstić information content (AvgIpc) is 2.69. The minimum Gasteiger partial charge on any atom is -0.326 e. The Morgan fingerprint density at radius 3 is 2.62 bits per heavy atom. The van der Waals surface area contributed by atoms with E-state index in [1.807, 2.05) is 12.1 Å². The molecule has 0 atom stereocenters. The summed E-state index contributed by atoms with van der Waals surface area (Å²) in [6.07, 6.45) is 3.90. The van der Waals surface area contributed by atoms with Crippen molar-refractivity contribution in [1.29, 1.82) is 0 Å². The van der Waals surface area contributed by atoms with E-state index >= 15 is 0 Å². The number of aryl methyl sites for hydroxylation is 1. The molecule has 1 aromatic heterocycles. The number of para-hydroxylation sites is 1. The Balaban J connectivity index is 1.51. The van der Waals surface area contributed by atoms with Crippen LogP contribution in [-0.4, -0.2) is 17.4 Å². The molecule has 2 aromatic carbocycles. The van der Waals surface area contributed by atoms with Gasteiger partial charge in [0.2, 0.25) is 0 Å². The molecule has 0 unspecified atom stereocenters. The number of hydrogen-bond donors (Lipinski definition) is 1. The summed E-state index contributed by atoms with van der Waals surface area (Å²) < 4.78 is 0. The number of nitrogens with one attached hydrogen (secondary N) is 1. The van der Waals surface area contributed by atoms with Gasteiger partial charge < -0.3 is 10.2 Å². The molecule has 26 heavy (non-hydrogen) atoms. The number of amides is 1. The van der Waals surface area contributed by atoms with Gasteiger partial charge in [-0.05, 0) is 60.9 Å². The highest BCUT2D eigenvalue weighted by Gasteiger charge is 2.18. The van der Waals surface area contributed by atoms with E-state index < -0.39 is 0 Å². The molecule has 0 radical (unpaired) electrons. The SMILES string of the molecule is O=C(Nc1ccc(N2CCCc3ccccc32)nc1)c1ccc(Cl)cc1. The number of fused-ring (bicyclic) bond motifs is 1. The highest BCUT2D eigenvalue weighted by atomic mass is 35.5. The van der Waals surface area contributed by atoms with Crippen molar-refractivity contribution in [3.63, 3.8) is 0 Å². The van der Waals surface area contributed by atoms with Crippen LogP contribution in [0.5, 0.6) is 0 Å². The second-order valence-electron chi connectivity index (χ2n) is 6.25. The Morgan fingerprint density at radius 2 is 1.85 bits per heavy atom. The third-order valence-corrected chi connectivity index (χ3v) is 4.75. The molecule has 0 bridgehead atoms. The van der Waals surface area contributed by atoms with Gasteiger partial charge in [-0.3, -0.25) is 4.79 Å². The van der Waals surface area contributed by atoms with Crippen molar-refractivity contribution in [2.75, 3.05) is 16.8 Å². The summed E-state index contributed by atoms with van der Waals surface area (Å²) in [6, 6.07) is 19.1. The van der Waals surface area contributed by atoms with E-state index in [1.54, 1.807) is 30.5 Å². The first kappa shape index (κ1) is 16.6. The predicted molar refractivity (Wildman–Crippen MR) is 105 cm³/mol. The summed E-state index contributed by atoms with van der Waals surface area (Å²) in [4.78, 5) is 19.1. The number of carbonyl (C=O) groups is 1. The van der Waals surface area contributed by atoms with E-state index in [0.29, 0.717) is 16.3 Å². The Morgan fingerprint density at radius 1 is 1.04 bits per heavy atom. The zero-order valence-electron chi connectivity index (χ0n) is 14.2. The summed E-state index contributed by atoms with van der Waals surface area (Å²) in [6.45, 7) is 0.945. The molecule has 0 fully saturated rings. The number of halogens is 1. The molecule has 4 nitrogen and oxygen atoms in total. The van der Waals surface area contributed by atoms with Crippen LogP contribution < -0.4 is 10.2 Å². The monoisotopic (exact) mass is 363 g/mol. The highest BCUT2D eigenvalue weighted by molar-refractivity contribution is 6.30. The number of benzene rings is 2. The van der Waals surface area contributed by atoms with Gasteiger partial charge in [0.15, 0.2) is 0 Å². The van der Waals surface area contributed by atoms with Crippen molar-refractivity contribution >= 4 is 34.7 Å². The van der Waals surface area contributed by atoms with Gasteiger partial charge in [0.05, 0.1) is 11.9 Å². The molecule has 1 aliphatic heterocycles. The quantitative estimate of drug-likeness (QED) is 0.706. The number of carbonyl (C=O) groups excluding carboxylic acids is 1. The number of hydrogen-bond acceptors (Lipinski definition) is 3. The Hall–Kier alpha value is -2.85. The fraction of sp³-hybridized carbons (Fsp3) is 0.143. The lowest BCUT2D eigenvalue weighted by molar-refractivity contribution is 0.102. The second kappa shape index (κ2) is 7.18. The smallest absolute Gasteiger partial charge is 0.255 e. The Bertz CT molecular complexity index is 923. The normalized spacial score (nSPS) is 13.2. The first-order valence-electron chi connectivity index (χ1n) is 8.59. The standard InChI is InChI=1S/C21H18ClN3O/c22-17-9-7-16(8-10-17)21(26)24-18-11-12-20(23-14-18)25-13-3-5-15-4-1-2-6-19(15)25/h1-2,4,6-12,14H,3,5,13H2,(H,24,26). The second-order valence-corrected chi connectivity index (χ2v) is 6.69. The van der Waals surface area contributed by atoms with Gasteiger partial charge in [-0.1, -0.05) is 29.8 Å². The van der Waals surface area contributed by atoms with Crippen LogP contribution in [0.1, 0.15) is 22.3 Å². The van der Waals surface area contributed by atoms with Gasteiger partial charge in [0.25, 0.3) is 5.91 Å². The van der Waals surface area contributed by atoms with Crippen molar-refractivity contribution in [2.45, 2.75) is 12.8 Å². The topological polar surface area (TPSA) is 45.2 Å². The van der Waals surface area contributed by atoms with Gasteiger partial charge in [0.1, 0.15) is 5.82 Å². The maximum Gasteiger partial charge on any atom is 0.255 e. The van der Waals surface area contributed by atoms with E-state index in [1.165, 1.54) is 11.3 Å². The van der Waals surface area contributed by atoms with Crippen LogP contribution in [-0.2, 0) is 6.42 Å². The van der Waals surface area contributed by atoms with Crippen LogP contribution >= 0.6 is 11.6 Å². The summed E-state index contributed by atoms with van der Waals surface area (Å²) in [5.41, 5.74) is 3.78. The van der Waals surface area contributed by atoms with Crippen molar-refractivity contribution in [2.24, 2.45) is 0 Å². The van der Waals surface area contributed by atoms with Crippen molar-refractivity contribution < 1.29 is 4.79 Å². The van der Waals surface area contributed by atoms with E-state index in [2.05, 4.69) is 39.5 Å². The Kier molecular flexibility index (Phi) is 4.59. The third kappa shape index (κ3) is 3.41. The lowest BCUT2D eigenvalue weighted by Crippen LogP contribution is -2.25. The van der Waals surface area contributed by atoms with Gasteiger partial charge in [-0.15, -0.1) is 0 Å². The maximum absolute atomic E-state index is 12.3. The molecule has 0 aliphatic carbocycles. The Labute approximate surface area is 157 Å². The molecular formula is C21H18ClN3O. The van der Waals surface area contributed by atoms with Crippen LogP contribution in [0.4, 0.5) is 17.2 Å². The van der Waals surface area contributed by atoms with E-state index in [4.69, 9.17) is 11.6 Å². The lowest BCUT2D eigenvalue weighted by Gasteiger charge is -2.30. The lowest BCUT2D eigenvalue weighted by atomic mass is 10.0. The molecular weight excluding hydrogens is 346 g/mol. The zero-order valence-corrected chi connectivity index (χ0v) is 14.9. The fourth-order valence-electron chi connectivity index (χ4n) is 3.20. The van der Waals surface area contributed by atoms with Crippen molar-refractivity contribution in [3.8, 4) is 0 Å². The molecule has 0 spiro atoms. The zero-order chi connectivity index (χ0) is 17.9. The molecule has 0 saturated carbocycles. The first-order valence-corrected chi connectivity index (χ1v) is 8.97. The predicted octanol–water partition coefficient (Wildman–Crippen LogP) is 5.07. The molecule has 3 aromatic rings. The molecule has 1 aliphatic rings. The molecule has 4 rings (SSSR count). The van der Waals surface area contributed by atoms with E-state index in [9.17, 15) is 4.79 Å². The van der Waals surface area contributed by atoms with Crippen LogP contribution in [0, 0.1) is 0 Å². The average molecular weight is 364 g/mol. The maximum atomic E-state index is 12.3. The fourth-order valence-corrected chi connectivity index (χ4v) is 3.32. The summed E-state index contributed by atoms with van der Waals surface area (Å²) in [5.74, 6) is 0.709. The largest absolute Gasteiger partial charge is 0.326 e. The minimum absolute atomic E-state index is 0.181. The van der Waals surface area contributed by atoms with Crippen molar-refractivity contribution in [1.82, 2.24) is 4.98 Å². The van der Waals surface area contributed by atoms with Gasteiger partial charge >= 0.3 is 0 Å². The molecule has 0 saturated heterocycles. The van der Waals surface area contributed by atoms with Crippen LogP contribution in [0.2, 0.25) is 5.02 Å². The number of anilines is 3. The number of nitrogens with zero attached hydrogens (tertiary/aromatic N) is 2. The van der Waals surface area contributed by atoms with Crippen LogP contribution in [0.25, 0.3) is 0 Å². The molecule has 130 valence electrons. The minimum atomic E-state index is -0.181. The third-order valence-electron chi connectivity index (χ3n) is 4.50. The molecule has 1 amide bonds. The van der Waals surface area contributed by atoms with Gasteiger partial charge in [0, 0.05) is 22.8 Å².